The Labute approximate surface area is 108 Å². The third-order valence-corrected chi connectivity index (χ3v) is 2.99. The minimum Gasteiger partial charge on any atom is -0.462 e. The van der Waals surface area contributed by atoms with Crippen LogP contribution in [0.1, 0.15) is 48.2 Å². The molecule has 0 saturated heterocycles. The summed E-state index contributed by atoms with van der Waals surface area (Å²) < 4.78 is 5.16. The van der Waals surface area contributed by atoms with Crippen LogP contribution in [-0.4, -0.2) is 12.6 Å². The van der Waals surface area contributed by atoms with Crippen LogP contribution in [0.15, 0.2) is 18.2 Å². The van der Waals surface area contributed by atoms with Gasteiger partial charge in [0, 0.05) is 5.88 Å². The van der Waals surface area contributed by atoms with Crippen LogP contribution in [0, 0.1) is 0 Å². The van der Waals surface area contributed by atoms with Crippen LogP contribution in [0.2, 0.25) is 0 Å². The van der Waals surface area contributed by atoms with Crippen molar-refractivity contribution >= 4 is 17.6 Å². The quantitative estimate of drug-likeness (QED) is 0.437. The summed E-state index contributed by atoms with van der Waals surface area (Å²) in [6, 6.07) is 5.59. The largest absolute Gasteiger partial charge is 0.462 e. The average molecular weight is 255 g/mol. The number of carbonyl (C=O) groups excluding carboxylic acids is 1. The number of halogens is 1. The van der Waals surface area contributed by atoms with Gasteiger partial charge in [-0.15, -0.1) is 11.6 Å². The standard InChI is InChI=1S/C14H19ClO2/c1-3-5-8-17-14(16)12-7-6-11(4-2)13(9-12)10-15/h6-7,9H,3-5,8,10H2,1-2H3. The van der Waals surface area contributed by atoms with Crippen molar-refractivity contribution < 1.29 is 9.53 Å². The summed E-state index contributed by atoms with van der Waals surface area (Å²) in [6.45, 7) is 4.63. The van der Waals surface area contributed by atoms with Crippen LogP contribution in [0.3, 0.4) is 0 Å². The number of esters is 1. The first-order valence-electron chi connectivity index (χ1n) is 6.07. The molecule has 0 aliphatic rings. The third kappa shape index (κ3) is 4.04. The summed E-state index contributed by atoms with van der Waals surface area (Å²) in [5, 5.41) is 0. The molecule has 0 aliphatic carbocycles. The summed E-state index contributed by atoms with van der Waals surface area (Å²) in [5.41, 5.74) is 2.79. The van der Waals surface area contributed by atoms with E-state index in [9.17, 15) is 4.79 Å². The topological polar surface area (TPSA) is 26.3 Å². The van der Waals surface area contributed by atoms with Gasteiger partial charge in [0.1, 0.15) is 0 Å². The SMILES string of the molecule is CCCCOC(=O)c1ccc(CC)c(CCl)c1. The maximum atomic E-state index is 11.7. The highest BCUT2D eigenvalue weighted by Crippen LogP contribution is 2.16. The summed E-state index contributed by atoms with van der Waals surface area (Å²) in [5.74, 6) is 0.173. The number of aryl methyl sites for hydroxylation is 1. The molecular weight excluding hydrogens is 236 g/mol. The van der Waals surface area contributed by atoms with E-state index in [0.29, 0.717) is 18.1 Å². The van der Waals surface area contributed by atoms with Gasteiger partial charge in [0.15, 0.2) is 0 Å². The van der Waals surface area contributed by atoms with Crippen molar-refractivity contribution in [3.05, 3.63) is 34.9 Å². The van der Waals surface area contributed by atoms with E-state index < -0.39 is 0 Å². The van der Waals surface area contributed by atoms with Gasteiger partial charge in [0.05, 0.1) is 12.2 Å². The van der Waals surface area contributed by atoms with Crippen molar-refractivity contribution in [2.45, 2.75) is 39.0 Å². The number of rotatable bonds is 6. The smallest absolute Gasteiger partial charge is 0.338 e. The molecule has 0 saturated carbocycles. The Morgan fingerprint density at radius 1 is 1.29 bits per heavy atom. The fourth-order valence-corrected chi connectivity index (χ4v) is 1.86. The van der Waals surface area contributed by atoms with Crippen molar-refractivity contribution in [1.82, 2.24) is 0 Å². The molecule has 0 spiro atoms. The number of hydrogen-bond acceptors (Lipinski definition) is 2. The second kappa shape index (κ2) is 7.33. The third-order valence-electron chi connectivity index (χ3n) is 2.70. The summed E-state index contributed by atoms with van der Waals surface area (Å²) in [7, 11) is 0. The molecule has 0 aromatic heterocycles. The molecule has 0 fully saturated rings. The van der Waals surface area contributed by atoms with Gasteiger partial charge in [0.2, 0.25) is 0 Å². The lowest BCUT2D eigenvalue weighted by atomic mass is 10.0. The number of hydrogen-bond donors (Lipinski definition) is 0. The van der Waals surface area contributed by atoms with Crippen molar-refractivity contribution in [2.24, 2.45) is 0 Å². The van der Waals surface area contributed by atoms with E-state index in [1.54, 1.807) is 0 Å². The molecule has 3 heteroatoms. The first-order valence-corrected chi connectivity index (χ1v) is 6.61. The summed E-state index contributed by atoms with van der Waals surface area (Å²) in [4.78, 5) is 11.7. The van der Waals surface area contributed by atoms with E-state index in [4.69, 9.17) is 16.3 Å². The van der Waals surface area contributed by atoms with Crippen LogP contribution in [0.4, 0.5) is 0 Å². The molecule has 1 aromatic rings. The summed E-state index contributed by atoms with van der Waals surface area (Å²) in [6.07, 6.45) is 2.85. The Bertz CT molecular complexity index is 374. The maximum absolute atomic E-state index is 11.7. The van der Waals surface area contributed by atoms with Crippen molar-refractivity contribution in [1.29, 1.82) is 0 Å². The number of alkyl halides is 1. The Balaban J connectivity index is 2.74. The van der Waals surface area contributed by atoms with Gasteiger partial charge < -0.3 is 4.74 Å². The Morgan fingerprint density at radius 2 is 2.06 bits per heavy atom. The molecule has 0 atom stereocenters. The van der Waals surface area contributed by atoms with Crippen LogP contribution >= 0.6 is 11.6 Å². The number of unbranched alkanes of at least 4 members (excludes halogenated alkanes) is 1. The highest BCUT2D eigenvalue weighted by atomic mass is 35.5. The lowest BCUT2D eigenvalue weighted by molar-refractivity contribution is 0.0499. The average Bonchev–Trinajstić information content (AvgIpc) is 2.38. The van der Waals surface area contributed by atoms with Gasteiger partial charge in [-0.1, -0.05) is 26.3 Å². The van der Waals surface area contributed by atoms with E-state index in [2.05, 4.69) is 13.8 Å². The van der Waals surface area contributed by atoms with Crippen molar-refractivity contribution in [3.8, 4) is 0 Å². The molecule has 0 heterocycles. The van der Waals surface area contributed by atoms with Gasteiger partial charge in [-0.05, 0) is 36.1 Å². The summed E-state index contributed by atoms with van der Waals surface area (Å²) >= 11 is 5.86. The van der Waals surface area contributed by atoms with E-state index in [-0.39, 0.29) is 5.97 Å². The number of ether oxygens (including phenoxy) is 1. The van der Waals surface area contributed by atoms with E-state index in [0.717, 1.165) is 24.8 Å². The zero-order valence-corrected chi connectivity index (χ0v) is 11.2. The molecule has 2 nitrogen and oxygen atoms in total. The molecule has 94 valence electrons. The van der Waals surface area contributed by atoms with Gasteiger partial charge in [0.25, 0.3) is 0 Å². The second-order valence-electron chi connectivity index (χ2n) is 3.96. The monoisotopic (exact) mass is 254 g/mol. The van der Waals surface area contributed by atoms with E-state index >= 15 is 0 Å². The molecule has 0 radical (unpaired) electrons. The molecule has 0 N–H and O–H groups in total. The van der Waals surface area contributed by atoms with Gasteiger partial charge in [-0.25, -0.2) is 4.79 Å². The van der Waals surface area contributed by atoms with Gasteiger partial charge in [-0.3, -0.25) is 0 Å². The zero-order chi connectivity index (χ0) is 12.7. The van der Waals surface area contributed by atoms with Crippen LogP contribution in [0.25, 0.3) is 0 Å². The van der Waals surface area contributed by atoms with Gasteiger partial charge >= 0.3 is 5.97 Å². The lowest BCUT2D eigenvalue weighted by Gasteiger charge is -2.08. The Kier molecular flexibility index (Phi) is 6.06. The molecule has 0 unspecified atom stereocenters. The highest BCUT2D eigenvalue weighted by molar-refractivity contribution is 6.17. The molecule has 17 heavy (non-hydrogen) atoms. The zero-order valence-electron chi connectivity index (χ0n) is 10.5. The predicted molar refractivity (Wildman–Crippen MR) is 70.6 cm³/mol. The predicted octanol–water partition coefficient (Wildman–Crippen LogP) is 3.94. The minimum atomic E-state index is -0.257. The van der Waals surface area contributed by atoms with Crippen molar-refractivity contribution in [2.75, 3.05) is 6.61 Å². The second-order valence-corrected chi connectivity index (χ2v) is 4.23. The first kappa shape index (κ1) is 14.0. The number of carbonyl (C=O) groups is 1. The molecule has 1 rings (SSSR count). The van der Waals surface area contributed by atoms with Gasteiger partial charge in [-0.2, -0.15) is 0 Å². The number of benzene rings is 1. The minimum absolute atomic E-state index is 0.257. The fraction of sp³-hybridized carbons (Fsp3) is 0.500. The molecule has 0 bridgehead atoms. The first-order chi connectivity index (χ1) is 8.22. The Morgan fingerprint density at radius 3 is 2.65 bits per heavy atom. The van der Waals surface area contributed by atoms with Crippen LogP contribution in [0.5, 0.6) is 0 Å². The fourth-order valence-electron chi connectivity index (χ4n) is 1.61. The van der Waals surface area contributed by atoms with Crippen LogP contribution < -0.4 is 0 Å². The molecule has 0 amide bonds. The molecule has 0 aliphatic heterocycles. The Hall–Kier alpha value is -1.02. The lowest BCUT2D eigenvalue weighted by Crippen LogP contribution is -2.07. The van der Waals surface area contributed by atoms with E-state index in [1.165, 1.54) is 5.56 Å². The molecule has 1 aromatic carbocycles. The van der Waals surface area contributed by atoms with E-state index in [1.807, 2.05) is 18.2 Å². The van der Waals surface area contributed by atoms with Crippen molar-refractivity contribution in [3.63, 3.8) is 0 Å². The normalized spacial score (nSPS) is 10.3. The highest BCUT2D eigenvalue weighted by Gasteiger charge is 2.09. The maximum Gasteiger partial charge on any atom is 0.338 e. The van der Waals surface area contributed by atoms with Crippen LogP contribution in [-0.2, 0) is 17.0 Å². The molecular formula is C14H19ClO2.